The maximum atomic E-state index is 12.6. The summed E-state index contributed by atoms with van der Waals surface area (Å²) in [7, 11) is 0. The Labute approximate surface area is 148 Å². The smallest absolute Gasteiger partial charge is 0.227 e. The van der Waals surface area contributed by atoms with Crippen LogP contribution in [0, 0.1) is 11.8 Å². The summed E-state index contributed by atoms with van der Waals surface area (Å²) in [5.41, 5.74) is 0.862. The van der Waals surface area contributed by atoms with E-state index in [0.717, 1.165) is 38.4 Å². The average molecular weight is 353 g/mol. The summed E-state index contributed by atoms with van der Waals surface area (Å²) >= 11 is 6.16. The van der Waals surface area contributed by atoms with Crippen molar-refractivity contribution < 1.29 is 14.6 Å². The van der Waals surface area contributed by atoms with Crippen molar-refractivity contribution >= 4 is 17.5 Å². The Morgan fingerprint density at radius 2 is 1.92 bits per heavy atom. The molecule has 2 aliphatic rings. The molecule has 2 saturated heterocycles. The molecule has 0 bridgehead atoms. The predicted octanol–water partition coefficient (Wildman–Crippen LogP) is 1.28. The van der Waals surface area contributed by atoms with E-state index < -0.39 is 0 Å². The van der Waals surface area contributed by atoms with Crippen molar-refractivity contribution in [3.63, 3.8) is 0 Å². The first-order valence-electron chi connectivity index (χ1n) is 8.59. The number of aliphatic hydroxyl groups is 1. The molecule has 0 aliphatic carbocycles. The Bertz CT molecular complexity index is 563. The minimum absolute atomic E-state index is 0.0889. The summed E-state index contributed by atoms with van der Waals surface area (Å²) in [5.74, 6) is 0.567. The minimum Gasteiger partial charge on any atom is -0.396 e. The number of aliphatic hydroxyl groups excluding tert-OH is 1. The van der Waals surface area contributed by atoms with Crippen molar-refractivity contribution in [2.45, 2.75) is 6.42 Å². The van der Waals surface area contributed by atoms with Gasteiger partial charge in [-0.1, -0.05) is 29.8 Å². The van der Waals surface area contributed by atoms with Gasteiger partial charge in [-0.3, -0.25) is 9.69 Å². The van der Waals surface area contributed by atoms with Gasteiger partial charge in [-0.2, -0.15) is 0 Å². The van der Waals surface area contributed by atoms with Gasteiger partial charge in [0.2, 0.25) is 5.91 Å². The molecule has 0 radical (unpaired) electrons. The number of rotatable bonds is 5. The summed E-state index contributed by atoms with van der Waals surface area (Å²) in [4.78, 5) is 16.9. The fourth-order valence-corrected chi connectivity index (χ4v) is 3.79. The Kier molecular flexibility index (Phi) is 6.11. The van der Waals surface area contributed by atoms with Crippen molar-refractivity contribution in [3.05, 3.63) is 34.9 Å². The van der Waals surface area contributed by atoms with Gasteiger partial charge in [0.25, 0.3) is 0 Å². The molecule has 0 unspecified atom stereocenters. The third-order valence-electron chi connectivity index (χ3n) is 5.06. The number of ether oxygens (including phenoxy) is 1. The molecule has 3 rings (SSSR count). The first kappa shape index (κ1) is 17.7. The molecule has 2 atom stereocenters. The van der Waals surface area contributed by atoms with Crippen LogP contribution in [0.5, 0.6) is 0 Å². The Morgan fingerprint density at radius 3 is 2.62 bits per heavy atom. The molecule has 24 heavy (non-hydrogen) atoms. The van der Waals surface area contributed by atoms with Crippen LogP contribution < -0.4 is 0 Å². The molecule has 0 spiro atoms. The standard InChI is InChI=1S/C18H25ClN2O3/c19-17-4-2-1-3-14(17)9-18(23)21-11-15(16(12-21)13-22)10-20-5-7-24-8-6-20/h1-4,15-16,22H,5-13H2/t15-,16-/m0/s1. The topological polar surface area (TPSA) is 53.0 Å². The molecule has 132 valence electrons. The van der Waals surface area contributed by atoms with Gasteiger partial charge >= 0.3 is 0 Å². The number of likely N-dealkylation sites (tertiary alicyclic amines) is 1. The summed E-state index contributed by atoms with van der Waals surface area (Å²) < 4.78 is 5.39. The molecule has 0 aromatic heterocycles. The SMILES string of the molecule is O=C(Cc1ccccc1Cl)N1C[C@@H](CO)[C@@H](CN2CCOCC2)C1. The predicted molar refractivity (Wildman–Crippen MR) is 93.1 cm³/mol. The van der Waals surface area contributed by atoms with Crippen molar-refractivity contribution in [2.75, 3.05) is 52.5 Å². The van der Waals surface area contributed by atoms with E-state index in [0.29, 0.717) is 30.5 Å². The van der Waals surface area contributed by atoms with Gasteiger partial charge < -0.3 is 14.7 Å². The van der Waals surface area contributed by atoms with Gasteiger partial charge in [-0.15, -0.1) is 0 Å². The molecular weight excluding hydrogens is 328 g/mol. The first-order chi connectivity index (χ1) is 11.7. The molecule has 1 aromatic carbocycles. The number of halogens is 1. The van der Waals surface area contributed by atoms with Crippen LogP contribution in [-0.4, -0.2) is 73.4 Å². The van der Waals surface area contributed by atoms with Crippen LogP contribution in [-0.2, 0) is 16.0 Å². The van der Waals surface area contributed by atoms with Crippen LogP contribution in [0.1, 0.15) is 5.56 Å². The quantitative estimate of drug-likeness (QED) is 0.867. The van der Waals surface area contributed by atoms with E-state index in [1.807, 2.05) is 29.2 Å². The van der Waals surface area contributed by atoms with E-state index >= 15 is 0 Å². The molecule has 6 heteroatoms. The number of amides is 1. The maximum absolute atomic E-state index is 12.6. The molecule has 2 heterocycles. The number of nitrogens with zero attached hydrogens (tertiary/aromatic N) is 2. The lowest BCUT2D eigenvalue weighted by Crippen LogP contribution is -2.41. The molecule has 5 nitrogen and oxygen atoms in total. The number of hydrogen-bond acceptors (Lipinski definition) is 4. The lowest BCUT2D eigenvalue weighted by Gasteiger charge is -2.30. The summed E-state index contributed by atoms with van der Waals surface area (Å²) in [6.07, 6.45) is 0.322. The van der Waals surface area contributed by atoms with Crippen LogP contribution in [0.4, 0.5) is 0 Å². The highest BCUT2D eigenvalue weighted by molar-refractivity contribution is 6.31. The van der Waals surface area contributed by atoms with Gasteiger partial charge in [0.1, 0.15) is 0 Å². The Balaban J connectivity index is 1.58. The zero-order chi connectivity index (χ0) is 16.9. The van der Waals surface area contributed by atoms with Gasteiger partial charge in [0, 0.05) is 50.3 Å². The lowest BCUT2D eigenvalue weighted by molar-refractivity contribution is -0.129. The Hall–Kier alpha value is -1.14. The summed E-state index contributed by atoms with van der Waals surface area (Å²) in [6, 6.07) is 7.47. The third kappa shape index (κ3) is 4.28. The normalized spacial score (nSPS) is 25.2. The number of morpholine rings is 1. The second kappa shape index (κ2) is 8.30. The first-order valence-corrected chi connectivity index (χ1v) is 8.97. The molecular formula is C18H25ClN2O3. The highest BCUT2D eigenvalue weighted by atomic mass is 35.5. The van der Waals surface area contributed by atoms with Crippen molar-refractivity contribution in [3.8, 4) is 0 Å². The summed E-state index contributed by atoms with van der Waals surface area (Å²) in [6.45, 7) is 5.80. The molecule has 2 fully saturated rings. The number of benzene rings is 1. The van der Waals surface area contributed by atoms with E-state index in [-0.39, 0.29) is 18.4 Å². The molecule has 0 saturated carbocycles. The molecule has 1 N–H and O–H groups in total. The van der Waals surface area contributed by atoms with E-state index in [4.69, 9.17) is 16.3 Å². The van der Waals surface area contributed by atoms with Gasteiger partial charge in [0.15, 0.2) is 0 Å². The zero-order valence-electron chi connectivity index (χ0n) is 13.9. The molecule has 1 aromatic rings. The third-order valence-corrected chi connectivity index (χ3v) is 5.43. The minimum atomic E-state index is 0.0889. The molecule has 2 aliphatic heterocycles. The second-order valence-electron chi connectivity index (χ2n) is 6.68. The van der Waals surface area contributed by atoms with Gasteiger partial charge in [0.05, 0.1) is 19.6 Å². The monoisotopic (exact) mass is 352 g/mol. The Morgan fingerprint density at radius 1 is 1.21 bits per heavy atom. The zero-order valence-corrected chi connectivity index (χ0v) is 14.6. The fraction of sp³-hybridized carbons (Fsp3) is 0.611. The van der Waals surface area contributed by atoms with E-state index in [1.165, 1.54) is 0 Å². The van der Waals surface area contributed by atoms with Crippen LogP contribution >= 0.6 is 11.6 Å². The average Bonchev–Trinajstić information content (AvgIpc) is 3.01. The van der Waals surface area contributed by atoms with Crippen LogP contribution in [0.15, 0.2) is 24.3 Å². The van der Waals surface area contributed by atoms with Crippen LogP contribution in [0.25, 0.3) is 0 Å². The number of carbonyl (C=O) groups is 1. The van der Waals surface area contributed by atoms with Crippen molar-refractivity contribution in [1.82, 2.24) is 9.80 Å². The summed E-state index contributed by atoms with van der Waals surface area (Å²) in [5, 5.41) is 10.3. The van der Waals surface area contributed by atoms with Gasteiger partial charge in [-0.25, -0.2) is 0 Å². The van der Waals surface area contributed by atoms with E-state index in [2.05, 4.69) is 4.90 Å². The fourth-order valence-electron chi connectivity index (χ4n) is 3.59. The van der Waals surface area contributed by atoms with Crippen molar-refractivity contribution in [1.29, 1.82) is 0 Å². The number of hydrogen-bond donors (Lipinski definition) is 1. The van der Waals surface area contributed by atoms with Crippen LogP contribution in [0.2, 0.25) is 5.02 Å². The van der Waals surface area contributed by atoms with E-state index in [9.17, 15) is 9.90 Å². The highest BCUT2D eigenvalue weighted by Crippen LogP contribution is 2.26. The largest absolute Gasteiger partial charge is 0.396 e. The molecule has 1 amide bonds. The highest BCUT2D eigenvalue weighted by Gasteiger charge is 2.35. The maximum Gasteiger partial charge on any atom is 0.227 e. The lowest BCUT2D eigenvalue weighted by atomic mass is 9.96. The van der Waals surface area contributed by atoms with Crippen molar-refractivity contribution in [2.24, 2.45) is 11.8 Å². The second-order valence-corrected chi connectivity index (χ2v) is 7.09. The van der Waals surface area contributed by atoms with Gasteiger partial charge in [-0.05, 0) is 17.5 Å². The van der Waals surface area contributed by atoms with Crippen LogP contribution in [0.3, 0.4) is 0 Å². The number of carbonyl (C=O) groups excluding carboxylic acids is 1. The van der Waals surface area contributed by atoms with E-state index in [1.54, 1.807) is 0 Å².